The molecule has 2 N–H and O–H groups in total. The van der Waals surface area contributed by atoms with Crippen molar-refractivity contribution in [1.29, 1.82) is 0 Å². The molecule has 0 bridgehead atoms. The Morgan fingerprint density at radius 3 is 2.65 bits per heavy atom. The molecule has 0 aliphatic rings. The van der Waals surface area contributed by atoms with Crippen LogP contribution in [0.25, 0.3) is 0 Å². The lowest BCUT2D eigenvalue weighted by Gasteiger charge is -2.08. The van der Waals surface area contributed by atoms with E-state index >= 15 is 0 Å². The smallest absolute Gasteiger partial charge is 0.243 e. The van der Waals surface area contributed by atoms with Crippen LogP contribution in [-0.4, -0.2) is 28.6 Å². The monoisotopic (exact) mass is 260 g/mol. The van der Waals surface area contributed by atoms with Gasteiger partial charge in [-0.3, -0.25) is 0 Å². The van der Waals surface area contributed by atoms with Crippen molar-refractivity contribution < 1.29 is 12.8 Å². The molecule has 0 saturated carbocycles. The van der Waals surface area contributed by atoms with Gasteiger partial charge in [0.25, 0.3) is 0 Å². The molecule has 0 aromatic heterocycles. The van der Waals surface area contributed by atoms with E-state index in [0.717, 1.165) is 6.07 Å². The van der Waals surface area contributed by atoms with E-state index in [1.807, 2.05) is 0 Å². The van der Waals surface area contributed by atoms with Gasteiger partial charge in [-0.05, 0) is 44.6 Å². The van der Waals surface area contributed by atoms with E-state index in [-0.39, 0.29) is 11.4 Å². The van der Waals surface area contributed by atoms with Crippen LogP contribution in [0, 0.1) is 12.7 Å². The minimum Gasteiger partial charge on any atom is -0.320 e. The van der Waals surface area contributed by atoms with Crippen molar-refractivity contribution in [2.24, 2.45) is 0 Å². The first-order chi connectivity index (χ1) is 7.97. The van der Waals surface area contributed by atoms with Gasteiger partial charge in [-0.25, -0.2) is 17.5 Å². The molecule has 0 fully saturated rings. The normalized spacial score (nSPS) is 11.7. The Morgan fingerprint density at radius 2 is 2.00 bits per heavy atom. The maximum absolute atomic E-state index is 13.4. The van der Waals surface area contributed by atoms with Gasteiger partial charge in [-0.1, -0.05) is 6.07 Å². The highest BCUT2D eigenvalue weighted by Crippen LogP contribution is 2.15. The highest BCUT2D eigenvalue weighted by molar-refractivity contribution is 7.89. The van der Waals surface area contributed by atoms with E-state index in [4.69, 9.17) is 0 Å². The van der Waals surface area contributed by atoms with Crippen LogP contribution in [0.15, 0.2) is 23.1 Å². The highest BCUT2D eigenvalue weighted by Gasteiger charge is 2.18. The van der Waals surface area contributed by atoms with Gasteiger partial charge in [-0.2, -0.15) is 0 Å². The molecule has 0 atom stereocenters. The first kappa shape index (κ1) is 14.1. The molecule has 1 aromatic rings. The van der Waals surface area contributed by atoms with Crippen molar-refractivity contribution >= 4 is 10.0 Å². The standard InChI is InChI=1S/C11H17FN2O2S/c1-9-4-5-10(12)11(8-9)17(15,16)14-7-3-6-13-2/h4-5,8,13-14H,3,6-7H2,1-2H3. The molecule has 0 aliphatic carbocycles. The summed E-state index contributed by atoms with van der Waals surface area (Å²) in [4.78, 5) is -0.290. The highest BCUT2D eigenvalue weighted by atomic mass is 32.2. The van der Waals surface area contributed by atoms with Crippen molar-refractivity contribution in [2.75, 3.05) is 20.1 Å². The Morgan fingerprint density at radius 1 is 1.29 bits per heavy atom. The molecule has 0 radical (unpaired) electrons. The summed E-state index contributed by atoms with van der Waals surface area (Å²) >= 11 is 0. The minimum absolute atomic E-state index is 0.288. The summed E-state index contributed by atoms with van der Waals surface area (Å²) in [7, 11) is -1.96. The number of halogens is 1. The number of sulfonamides is 1. The van der Waals surface area contributed by atoms with Gasteiger partial charge in [-0.15, -0.1) is 0 Å². The second kappa shape index (κ2) is 6.09. The van der Waals surface area contributed by atoms with Gasteiger partial charge in [0.15, 0.2) is 0 Å². The molecule has 96 valence electrons. The molecular formula is C11H17FN2O2S. The Bertz CT molecular complexity index is 474. The first-order valence-corrected chi connectivity index (χ1v) is 6.86. The molecule has 0 aliphatic heterocycles. The number of hydrogen-bond acceptors (Lipinski definition) is 3. The third-order valence-corrected chi connectivity index (χ3v) is 3.75. The van der Waals surface area contributed by atoms with Gasteiger partial charge in [0.2, 0.25) is 10.0 Å². The van der Waals surface area contributed by atoms with Crippen molar-refractivity contribution in [3.05, 3.63) is 29.6 Å². The maximum Gasteiger partial charge on any atom is 0.243 e. The van der Waals surface area contributed by atoms with Gasteiger partial charge in [0, 0.05) is 6.54 Å². The second-order valence-corrected chi connectivity index (χ2v) is 5.52. The first-order valence-electron chi connectivity index (χ1n) is 5.38. The van der Waals surface area contributed by atoms with Gasteiger partial charge in [0.1, 0.15) is 10.7 Å². The third-order valence-electron chi connectivity index (χ3n) is 2.27. The largest absolute Gasteiger partial charge is 0.320 e. The molecule has 0 spiro atoms. The van der Waals surface area contributed by atoms with Crippen molar-refractivity contribution in [1.82, 2.24) is 10.0 Å². The van der Waals surface area contributed by atoms with Crippen LogP contribution in [-0.2, 0) is 10.0 Å². The fraction of sp³-hybridized carbons (Fsp3) is 0.455. The van der Waals surface area contributed by atoms with E-state index in [2.05, 4.69) is 10.0 Å². The van der Waals surface area contributed by atoms with Crippen LogP contribution in [0.1, 0.15) is 12.0 Å². The van der Waals surface area contributed by atoms with Gasteiger partial charge >= 0.3 is 0 Å². The number of aryl methyl sites for hydroxylation is 1. The van der Waals surface area contributed by atoms with Crippen LogP contribution in [0.2, 0.25) is 0 Å². The summed E-state index contributed by atoms with van der Waals surface area (Å²) in [6.07, 6.45) is 0.656. The van der Waals surface area contributed by atoms with Crippen LogP contribution in [0.5, 0.6) is 0 Å². The Kier molecular flexibility index (Phi) is 5.04. The molecule has 1 rings (SSSR count). The fourth-order valence-corrected chi connectivity index (χ4v) is 2.60. The van der Waals surface area contributed by atoms with E-state index in [1.54, 1.807) is 14.0 Å². The van der Waals surface area contributed by atoms with Crippen LogP contribution < -0.4 is 10.0 Å². The summed E-state index contributed by atoms with van der Waals surface area (Å²) in [5.41, 5.74) is 0.710. The topological polar surface area (TPSA) is 58.2 Å². The van der Waals surface area contributed by atoms with E-state index in [1.165, 1.54) is 12.1 Å². The lowest BCUT2D eigenvalue weighted by molar-refractivity contribution is 0.554. The SMILES string of the molecule is CNCCCNS(=O)(=O)c1cc(C)ccc1F. The molecule has 0 unspecified atom stereocenters. The molecule has 0 heterocycles. The number of hydrogen-bond donors (Lipinski definition) is 2. The van der Waals surface area contributed by atoms with Crippen LogP contribution in [0.4, 0.5) is 4.39 Å². The zero-order chi connectivity index (χ0) is 12.9. The molecular weight excluding hydrogens is 243 g/mol. The molecule has 17 heavy (non-hydrogen) atoms. The summed E-state index contributed by atoms with van der Waals surface area (Å²) in [6, 6.07) is 4.03. The van der Waals surface area contributed by atoms with E-state index in [0.29, 0.717) is 18.5 Å². The van der Waals surface area contributed by atoms with Crippen molar-refractivity contribution in [3.63, 3.8) is 0 Å². The molecule has 1 aromatic carbocycles. The maximum atomic E-state index is 13.4. The lowest BCUT2D eigenvalue weighted by Crippen LogP contribution is -2.27. The van der Waals surface area contributed by atoms with Gasteiger partial charge < -0.3 is 5.32 Å². The molecule has 0 amide bonds. The molecule has 4 nitrogen and oxygen atoms in total. The molecule has 6 heteroatoms. The zero-order valence-corrected chi connectivity index (χ0v) is 10.8. The Balaban J connectivity index is 2.79. The van der Waals surface area contributed by atoms with Crippen molar-refractivity contribution in [3.8, 4) is 0 Å². The second-order valence-electron chi connectivity index (χ2n) is 3.79. The molecule has 0 saturated heterocycles. The fourth-order valence-electron chi connectivity index (χ4n) is 1.37. The van der Waals surface area contributed by atoms with E-state index < -0.39 is 15.8 Å². The summed E-state index contributed by atoms with van der Waals surface area (Å²) in [6.45, 7) is 2.72. The minimum atomic E-state index is -3.75. The predicted molar refractivity (Wildman–Crippen MR) is 64.9 cm³/mol. The quantitative estimate of drug-likeness (QED) is 0.751. The van der Waals surface area contributed by atoms with Crippen molar-refractivity contribution in [2.45, 2.75) is 18.2 Å². The number of benzene rings is 1. The predicted octanol–water partition coefficient (Wildman–Crippen LogP) is 1.02. The summed E-state index contributed by atoms with van der Waals surface area (Å²) in [5.74, 6) is -0.725. The Hall–Kier alpha value is -0.980. The van der Waals surface area contributed by atoms with Crippen LogP contribution >= 0.6 is 0 Å². The average Bonchev–Trinajstić information content (AvgIpc) is 2.28. The zero-order valence-electron chi connectivity index (χ0n) is 9.96. The van der Waals surface area contributed by atoms with Gasteiger partial charge in [0.05, 0.1) is 0 Å². The van der Waals surface area contributed by atoms with E-state index in [9.17, 15) is 12.8 Å². The number of rotatable bonds is 6. The third kappa shape index (κ3) is 4.07. The average molecular weight is 260 g/mol. The van der Waals surface area contributed by atoms with Crippen LogP contribution in [0.3, 0.4) is 0 Å². The lowest BCUT2D eigenvalue weighted by atomic mass is 10.2. The Labute approximate surface area is 101 Å². The summed E-state index contributed by atoms with van der Waals surface area (Å²) < 4.78 is 39.4. The number of nitrogens with one attached hydrogen (secondary N) is 2. The summed E-state index contributed by atoms with van der Waals surface area (Å²) in [5, 5.41) is 2.91.